The summed E-state index contributed by atoms with van der Waals surface area (Å²) < 4.78 is 4.88. The number of nitrogens with one attached hydrogen (secondary N) is 1. The summed E-state index contributed by atoms with van der Waals surface area (Å²) in [6, 6.07) is 6.50. The molecule has 1 aromatic carbocycles. The molecule has 1 rings (SSSR count). The average Bonchev–Trinajstić information content (AvgIpc) is 2.26. The van der Waals surface area contributed by atoms with E-state index in [2.05, 4.69) is 44.3 Å². The molecule has 0 aromatic heterocycles. The summed E-state index contributed by atoms with van der Waals surface area (Å²) in [6.07, 6.45) is 0. The fraction of sp³-hybridized carbons (Fsp3) is 0.500. The van der Waals surface area contributed by atoms with E-state index in [1.54, 1.807) is 0 Å². The minimum Gasteiger partial charge on any atom is -0.465 e. The van der Waals surface area contributed by atoms with E-state index >= 15 is 0 Å². The Labute approximate surface area is 103 Å². The van der Waals surface area contributed by atoms with Crippen LogP contribution >= 0.6 is 0 Å². The number of rotatable bonds is 5. The maximum Gasteiger partial charge on any atom is 0.319 e. The highest BCUT2D eigenvalue weighted by molar-refractivity contribution is 5.71. The van der Waals surface area contributed by atoms with Crippen LogP contribution in [-0.4, -0.2) is 19.1 Å². The van der Waals surface area contributed by atoms with Gasteiger partial charge in [-0.3, -0.25) is 4.79 Å². The van der Waals surface area contributed by atoms with E-state index in [0.29, 0.717) is 6.61 Å². The minimum absolute atomic E-state index is 0.153. The van der Waals surface area contributed by atoms with Gasteiger partial charge >= 0.3 is 5.97 Å². The Kier molecular flexibility index (Phi) is 5.16. The Hall–Kier alpha value is -1.35. The average molecular weight is 235 g/mol. The number of carbonyl (C=O) groups excluding carboxylic acids is 1. The number of benzene rings is 1. The molecule has 0 heterocycles. The zero-order chi connectivity index (χ0) is 12.8. The fourth-order valence-corrected chi connectivity index (χ4v) is 1.87. The number of hydrogen-bond acceptors (Lipinski definition) is 3. The van der Waals surface area contributed by atoms with Crippen molar-refractivity contribution in [2.75, 3.05) is 13.2 Å². The van der Waals surface area contributed by atoms with Crippen LogP contribution in [0.2, 0.25) is 0 Å². The monoisotopic (exact) mass is 235 g/mol. The summed E-state index contributed by atoms with van der Waals surface area (Å²) in [6.45, 7) is 8.71. The van der Waals surface area contributed by atoms with Gasteiger partial charge in [0.2, 0.25) is 0 Å². The number of carbonyl (C=O) groups is 1. The summed E-state index contributed by atoms with van der Waals surface area (Å²) in [7, 11) is 0. The van der Waals surface area contributed by atoms with E-state index in [0.717, 1.165) is 0 Å². The second-order valence-corrected chi connectivity index (χ2v) is 4.27. The molecule has 0 aliphatic heterocycles. The van der Waals surface area contributed by atoms with E-state index in [9.17, 15) is 4.79 Å². The standard InChI is InChI=1S/C14H21NO2/c1-5-17-14(16)9-15-12(4)13-7-6-10(2)8-11(13)3/h6-8,12,15H,5,9H2,1-4H3. The van der Waals surface area contributed by atoms with Gasteiger partial charge in [0, 0.05) is 6.04 Å². The molecule has 0 bridgehead atoms. The third-order valence-corrected chi connectivity index (χ3v) is 2.75. The predicted molar refractivity (Wildman–Crippen MR) is 69.0 cm³/mol. The molecule has 0 saturated heterocycles. The van der Waals surface area contributed by atoms with Crippen molar-refractivity contribution < 1.29 is 9.53 Å². The van der Waals surface area contributed by atoms with Gasteiger partial charge in [0.1, 0.15) is 0 Å². The summed E-state index contributed by atoms with van der Waals surface area (Å²) in [4.78, 5) is 11.2. The molecule has 1 unspecified atom stereocenters. The molecule has 3 heteroatoms. The van der Waals surface area contributed by atoms with Crippen molar-refractivity contribution in [3.05, 3.63) is 34.9 Å². The van der Waals surface area contributed by atoms with Crippen molar-refractivity contribution in [1.29, 1.82) is 0 Å². The molecule has 0 spiro atoms. The second-order valence-electron chi connectivity index (χ2n) is 4.27. The lowest BCUT2D eigenvalue weighted by Crippen LogP contribution is -2.27. The molecule has 1 aromatic rings. The van der Waals surface area contributed by atoms with E-state index in [4.69, 9.17) is 4.74 Å². The van der Waals surface area contributed by atoms with Crippen LogP contribution in [0.3, 0.4) is 0 Å². The van der Waals surface area contributed by atoms with Gasteiger partial charge in [0.15, 0.2) is 0 Å². The van der Waals surface area contributed by atoms with Crippen molar-refractivity contribution in [3.63, 3.8) is 0 Å². The summed E-state index contributed by atoms with van der Waals surface area (Å²) in [5.74, 6) is -0.205. The Morgan fingerprint density at radius 1 is 1.41 bits per heavy atom. The Morgan fingerprint density at radius 2 is 2.12 bits per heavy atom. The van der Waals surface area contributed by atoms with Crippen molar-refractivity contribution in [1.82, 2.24) is 5.32 Å². The molecule has 0 radical (unpaired) electrons. The fourth-order valence-electron chi connectivity index (χ4n) is 1.87. The molecule has 17 heavy (non-hydrogen) atoms. The largest absolute Gasteiger partial charge is 0.465 e. The maximum atomic E-state index is 11.2. The second kappa shape index (κ2) is 6.40. The topological polar surface area (TPSA) is 38.3 Å². The van der Waals surface area contributed by atoms with Crippen LogP contribution in [0.1, 0.15) is 36.6 Å². The molecular weight excluding hydrogens is 214 g/mol. The van der Waals surface area contributed by atoms with Crippen molar-refractivity contribution in [2.24, 2.45) is 0 Å². The minimum atomic E-state index is -0.205. The Balaban J connectivity index is 2.57. The molecule has 0 amide bonds. The third kappa shape index (κ3) is 4.19. The summed E-state index contributed by atoms with van der Waals surface area (Å²) >= 11 is 0. The first-order chi connectivity index (χ1) is 8.04. The lowest BCUT2D eigenvalue weighted by Gasteiger charge is -2.16. The normalized spacial score (nSPS) is 12.2. The van der Waals surface area contributed by atoms with Crippen LogP contribution in [0.5, 0.6) is 0 Å². The van der Waals surface area contributed by atoms with Crippen LogP contribution in [-0.2, 0) is 9.53 Å². The Bertz CT molecular complexity index is 388. The quantitative estimate of drug-likeness (QED) is 0.797. The zero-order valence-corrected chi connectivity index (χ0v) is 11.0. The number of ether oxygens (including phenoxy) is 1. The lowest BCUT2D eigenvalue weighted by molar-refractivity contribution is -0.142. The van der Waals surface area contributed by atoms with Crippen molar-refractivity contribution in [2.45, 2.75) is 33.7 Å². The highest BCUT2D eigenvalue weighted by Crippen LogP contribution is 2.18. The SMILES string of the molecule is CCOC(=O)CNC(C)c1ccc(C)cc1C. The van der Waals surface area contributed by atoms with Crippen LogP contribution < -0.4 is 5.32 Å². The molecule has 0 saturated carbocycles. The van der Waals surface area contributed by atoms with Gasteiger partial charge in [0.05, 0.1) is 13.2 Å². The Morgan fingerprint density at radius 3 is 2.71 bits per heavy atom. The molecule has 0 aliphatic rings. The molecule has 1 atom stereocenters. The summed E-state index contributed by atoms with van der Waals surface area (Å²) in [5, 5.41) is 3.17. The summed E-state index contributed by atoms with van der Waals surface area (Å²) in [5.41, 5.74) is 3.72. The van der Waals surface area contributed by atoms with E-state index < -0.39 is 0 Å². The first-order valence-electron chi connectivity index (χ1n) is 6.00. The number of aryl methyl sites for hydroxylation is 2. The van der Waals surface area contributed by atoms with Gasteiger partial charge in [-0.05, 0) is 38.8 Å². The first-order valence-corrected chi connectivity index (χ1v) is 6.00. The van der Waals surface area contributed by atoms with Gasteiger partial charge < -0.3 is 10.1 Å². The predicted octanol–water partition coefficient (Wildman–Crippen LogP) is 2.52. The molecule has 3 nitrogen and oxygen atoms in total. The van der Waals surface area contributed by atoms with Crippen LogP contribution in [0, 0.1) is 13.8 Å². The molecular formula is C14H21NO2. The van der Waals surface area contributed by atoms with E-state index in [1.807, 2.05) is 6.92 Å². The molecule has 1 N–H and O–H groups in total. The zero-order valence-electron chi connectivity index (χ0n) is 11.0. The van der Waals surface area contributed by atoms with E-state index in [1.165, 1.54) is 16.7 Å². The number of esters is 1. The number of hydrogen-bond donors (Lipinski definition) is 1. The highest BCUT2D eigenvalue weighted by atomic mass is 16.5. The first kappa shape index (κ1) is 13.7. The lowest BCUT2D eigenvalue weighted by atomic mass is 10.0. The highest BCUT2D eigenvalue weighted by Gasteiger charge is 2.10. The van der Waals surface area contributed by atoms with Crippen molar-refractivity contribution >= 4 is 5.97 Å². The van der Waals surface area contributed by atoms with Crippen LogP contribution in [0.25, 0.3) is 0 Å². The molecule has 0 aliphatic carbocycles. The van der Waals surface area contributed by atoms with Gasteiger partial charge in [0.25, 0.3) is 0 Å². The van der Waals surface area contributed by atoms with Crippen LogP contribution in [0.15, 0.2) is 18.2 Å². The van der Waals surface area contributed by atoms with Gasteiger partial charge in [-0.25, -0.2) is 0 Å². The van der Waals surface area contributed by atoms with Crippen LogP contribution in [0.4, 0.5) is 0 Å². The molecule has 0 fully saturated rings. The van der Waals surface area contributed by atoms with E-state index in [-0.39, 0.29) is 18.6 Å². The smallest absolute Gasteiger partial charge is 0.319 e. The maximum absolute atomic E-state index is 11.2. The van der Waals surface area contributed by atoms with Gasteiger partial charge in [-0.2, -0.15) is 0 Å². The van der Waals surface area contributed by atoms with Crippen molar-refractivity contribution in [3.8, 4) is 0 Å². The van der Waals surface area contributed by atoms with Gasteiger partial charge in [-0.1, -0.05) is 23.8 Å². The van der Waals surface area contributed by atoms with Gasteiger partial charge in [-0.15, -0.1) is 0 Å². The molecule has 94 valence electrons. The third-order valence-electron chi connectivity index (χ3n) is 2.75.